The Bertz CT molecular complexity index is 1030. The summed E-state index contributed by atoms with van der Waals surface area (Å²) in [6.07, 6.45) is 0. The van der Waals surface area contributed by atoms with Gasteiger partial charge < -0.3 is 0 Å². The third-order valence-corrected chi connectivity index (χ3v) is 13.3. The molecule has 0 fully saturated rings. The third-order valence-electron chi connectivity index (χ3n) is 5.36. The van der Waals surface area contributed by atoms with Crippen molar-refractivity contribution in [3.05, 3.63) is 131 Å². The molecule has 4 rings (SSSR count). The molecule has 0 spiro atoms. The Morgan fingerprint density at radius 3 is 1.26 bits per heavy atom. The van der Waals surface area contributed by atoms with Crippen LogP contribution in [0.1, 0.15) is 5.56 Å². The molecule has 0 atom stereocenters. The molecule has 4 aromatic carbocycles. The third kappa shape index (κ3) is 4.12. The summed E-state index contributed by atoms with van der Waals surface area (Å²) in [6.45, 7) is 0. The Morgan fingerprint density at radius 1 is 0.581 bits per heavy atom. The molecule has 0 aliphatic rings. The molecule has 4 aromatic rings. The zero-order valence-electron chi connectivity index (χ0n) is 17.8. The molecular formula is C28H26OPSe+. The summed E-state index contributed by atoms with van der Waals surface area (Å²) >= 11 is 0.219. The summed E-state index contributed by atoms with van der Waals surface area (Å²) in [5.41, 5.74) is 1.14. The van der Waals surface area contributed by atoms with E-state index < -0.39 is 7.26 Å². The van der Waals surface area contributed by atoms with E-state index in [4.69, 9.17) is 4.74 Å². The van der Waals surface area contributed by atoms with Gasteiger partial charge in [-0.1, -0.05) is 0 Å². The Balaban J connectivity index is 2.17. The molecule has 31 heavy (non-hydrogen) atoms. The van der Waals surface area contributed by atoms with E-state index >= 15 is 0 Å². The second-order valence-electron chi connectivity index (χ2n) is 7.09. The summed E-state index contributed by atoms with van der Waals surface area (Å²) in [5, 5.41) is 4.07. The van der Waals surface area contributed by atoms with Crippen LogP contribution >= 0.6 is 7.26 Å². The molecule has 0 amide bonds. The molecule has 3 heteroatoms. The van der Waals surface area contributed by atoms with Gasteiger partial charge in [0.15, 0.2) is 0 Å². The van der Waals surface area contributed by atoms with Gasteiger partial charge in [-0.2, -0.15) is 0 Å². The molecule has 0 aliphatic carbocycles. The zero-order valence-corrected chi connectivity index (χ0v) is 20.4. The molecule has 0 N–H and O–H groups in total. The van der Waals surface area contributed by atoms with Crippen LogP contribution in [0.2, 0.25) is 5.82 Å². The van der Waals surface area contributed by atoms with Crippen molar-refractivity contribution in [2.45, 2.75) is 5.82 Å². The van der Waals surface area contributed by atoms with Gasteiger partial charge >= 0.3 is 193 Å². The molecular weight excluding hydrogens is 462 g/mol. The fourth-order valence-electron chi connectivity index (χ4n) is 4.05. The van der Waals surface area contributed by atoms with Crippen molar-refractivity contribution in [3.8, 4) is 0 Å². The Labute approximate surface area is 192 Å². The van der Waals surface area contributed by atoms with Crippen LogP contribution in [0.5, 0.6) is 0 Å². The second kappa shape index (κ2) is 10.1. The van der Waals surface area contributed by atoms with Crippen molar-refractivity contribution in [3.63, 3.8) is 0 Å². The van der Waals surface area contributed by atoms with E-state index in [1.807, 2.05) is 7.11 Å². The summed E-state index contributed by atoms with van der Waals surface area (Å²) in [5.74, 6) is 3.32. The molecule has 0 unspecified atom stereocenters. The summed E-state index contributed by atoms with van der Waals surface area (Å²) < 4.78 is 7.60. The zero-order chi connectivity index (χ0) is 21.5. The first-order chi connectivity index (χ1) is 15.3. The van der Waals surface area contributed by atoms with E-state index in [1.165, 1.54) is 20.1 Å². The predicted octanol–water partition coefficient (Wildman–Crippen LogP) is 5.71. The van der Waals surface area contributed by atoms with Crippen LogP contribution in [0.3, 0.4) is 0 Å². The first-order valence-electron chi connectivity index (χ1n) is 10.3. The average Bonchev–Trinajstić information content (AvgIpc) is 2.86. The number of benzene rings is 4. The standard InChI is InChI=1S/C28H26OPSe/c1-29-27(23-15-7-3-8-16-23)28(31-2)30(24-17-9-4-10-18-24,25-19-11-5-12-20-25)26-21-13-6-14-22-26/h3-22H,1-2H3/q+1/b28-27-. The van der Waals surface area contributed by atoms with Crippen molar-refractivity contribution < 1.29 is 4.74 Å². The number of methoxy groups -OCH3 is 1. The van der Waals surface area contributed by atoms with Crippen LogP contribution < -0.4 is 15.9 Å². The van der Waals surface area contributed by atoms with Crippen LogP contribution in [0.25, 0.3) is 5.76 Å². The van der Waals surface area contributed by atoms with Gasteiger partial charge in [-0.05, 0) is 0 Å². The summed E-state index contributed by atoms with van der Waals surface area (Å²) in [4.78, 5) is 0. The Morgan fingerprint density at radius 2 is 0.935 bits per heavy atom. The second-order valence-corrected chi connectivity index (χ2v) is 12.8. The Kier molecular flexibility index (Phi) is 7.05. The predicted molar refractivity (Wildman–Crippen MR) is 137 cm³/mol. The molecule has 0 aliphatic heterocycles. The van der Waals surface area contributed by atoms with Crippen LogP contribution in [-0.4, -0.2) is 22.1 Å². The van der Waals surface area contributed by atoms with Gasteiger partial charge in [-0.25, -0.2) is 0 Å². The van der Waals surface area contributed by atoms with Gasteiger partial charge in [0.05, 0.1) is 0 Å². The first kappa shape index (κ1) is 21.6. The molecule has 0 bridgehead atoms. The normalized spacial score (nSPS) is 12.2. The van der Waals surface area contributed by atoms with E-state index in [-0.39, 0.29) is 15.0 Å². The molecule has 0 saturated heterocycles. The van der Waals surface area contributed by atoms with E-state index in [0.29, 0.717) is 0 Å². The van der Waals surface area contributed by atoms with Gasteiger partial charge in [0.1, 0.15) is 0 Å². The minimum atomic E-state index is -2.12. The number of rotatable bonds is 7. The monoisotopic (exact) mass is 489 g/mol. The van der Waals surface area contributed by atoms with Gasteiger partial charge in [-0.3, -0.25) is 0 Å². The Hall–Kier alpha value is -2.63. The summed E-state index contributed by atoms with van der Waals surface area (Å²) in [6, 6.07) is 43.5. The molecule has 0 heterocycles. The fourth-order valence-corrected chi connectivity index (χ4v) is 12.8. The molecule has 0 aromatic heterocycles. The van der Waals surface area contributed by atoms with Gasteiger partial charge in [0.2, 0.25) is 0 Å². The van der Waals surface area contributed by atoms with E-state index in [0.717, 1.165) is 11.3 Å². The van der Waals surface area contributed by atoms with Gasteiger partial charge in [0, 0.05) is 0 Å². The van der Waals surface area contributed by atoms with Gasteiger partial charge in [0.25, 0.3) is 0 Å². The van der Waals surface area contributed by atoms with Crippen molar-refractivity contribution in [1.29, 1.82) is 0 Å². The van der Waals surface area contributed by atoms with Crippen LogP contribution in [0, 0.1) is 0 Å². The fraction of sp³-hybridized carbons (Fsp3) is 0.0714. The van der Waals surface area contributed by atoms with Crippen molar-refractivity contribution in [2.24, 2.45) is 0 Å². The number of ether oxygens (including phenoxy) is 1. The summed E-state index contributed by atoms with van der Waals surface area (Å²) in [7, 11) is -0.310. The maximum atomic E-state index is 6.18. The molecule has 0 saturated carbocycles. The molecule has 0 radical (unpaired) electrons. The van der Waals surface area contributed by atoms with E-state index in [1.54, 1.807) is 0 Å². The molecule has 154 valence electrons. The molecule has 1 nitrogen and oxygen atoms in total. The topological polar surface area (TPSA) is 9.23 Å². The van der Waals surface area contributed by atoms with Crippen LogP contribution in [-0.2, 0) is 4.74 Å². The van der Waals surface area contributed by atoms with Crippen molar-refractivity contribution in [1.82, 2.24) is 0 Å². The quantitative estimate of drug-likeness (QED) is 0.184. The van der Waals surface area contributed by atoms with Gasteiger partial charge in [-0.15, -0.1) is 0 Å². The number of hydrogen-bond donors (Lipinski definition) is 0. The number of hydrogen-bond acceptors (Lipinski definition) is 1. The van der Waals surface area contributed by atoms with Crippen LogP contribution in [0.4, 0.5) is 0 Å². The maximum absolute atomic E-state index is 6.18. The van der Waals surface area contributed by atoms with E-state index in [9.17, 15) is 0 Å². The SMILES string of the molecule is CO/C(=C(\[Se]C)[P+](c1ccccc1)(c1ccccc1)c1ccccc1)c1ccccc1. The van der Waals surface area contributed by atoms with Crippen molar-refractivity contribution >= 4 is 43.9 Å². The average molecular weight is 488 g/mol. The van der Waals surface area contributed by atoms with Crippen LogP contribution in [0.15, 0.2) is 126 Å². The first-order valence-corrected chi connectivity index (χ1v) is 14.6. The van der Waals surface area contributed by atoms with Crippen molar-refractivity contribution in [2.75, 3.05) is 7.11 Å². The minimum absolute atomic E-state index is 0.219. The van der Waals surface area contributed by atoms with E-state index in [2.05, 4.69) is 127 Å².